The molecule has 0 spiro atoms. The van der Waals surface area contributed by atoms with Gasteiger partial charge in [0.05, 0.1) is 19.6 Å². The predicted molar refractivity (Wildman–Crippen MR) is 77.7 cm³/mol. The first-order chi connectivity index (χ1) is 9.43. The van der Waals surface area contributed by atoms with Gasteiger partial charge in [-0.05, 0) is 38.7 Å². The van der Waals surface area contributed by atoms with Crippen LogP contribution in [0.2, 0.25) is 0 Å². The minimum Gasteiger partial charge on any atom is -0.497 e. The third-order valence-corrected chi connectivity index (χ3v) is 3.03. The molecule has 0 bridgehead atoms. The number of Topliss-reactive ketones (excluding diaryl/α,β-unsaturated/α-hetero) is 1. The van der Waals surface area contributed by atoms with Crippen LogP contribution in [0.15, 0.2) is 24.3 Å². The van der Waals surface area contributed by atoms with E-state index in [4.69, 9.17) is 4.74 Å². The van der Waals surface area contributed by atoms with Crippen molar-refractivity contribution in [2.24, 2.45) is 0 Å². The molecule has 5 nitrogen and oxygen atoms in total. The van der Waals surface area contributed by atoms with Crippen LogP contribution in [0.3, 0.4) is 0 Å². The Labute approximate surface area is 119 Å². The van der Waals surface area contributed by atoms with E-state index in [-0.39, 0.29) is 24.2 Å². The lowest BCUT2D eigenvalue weighted by molar-refractivity contribution is -0.127. The van der Waals surface area contributed by atoms with Crippen LogP contribution in [-0.4, -0.2) is 44.3 Å². The van der Waals surface area contributed by atoms with Gasteiger partial charge in [0.15, 0.2) is 0 Å². The number of nitrogens with one attached hydrogen (secondary N) is 1. The Balaban J connectivity index is 2.68. The van der Waals surface area contributed by atoms with Crippen LogP contribution in [0.5, 0.6) is 5.75 Å². The van der Waals surface area contributed by atoms with Gasteiger partial charge in [0.2, 0.25) is 5.91 Å². The van der Waals surface area contributed by atoms with Crippen molar-refractivity contribution in [3.8, 4) is 5.75 Å². The minimum atomic E-state index is -0.238. The topological polar surface area (TPSA) is 58.6 Å². The number of carbonyl (C=O) groups is 2. The zero-order valence-corrected chi connectivity index (χ0v) is 12.5. The molecule has 5 heteroatoms. The van der Waals surface area contributed by atoms with Crippen molar-refractivity contribution in [3.63, 3.8) is 0 Å². The fraction of sp³-hybridized carbons (Fsp3) is 0.467. The number of nitrogens with zero attached hydrogens (tertiary/aromatic N) is 1. The summed E-state index contributed by atoms with van der Waals surface area (Å²) in [5, 5.41) is 2.79. The Morgan fingerprint density at radius 3 is 2.30 bits per heavy atom. The van der Waals surface area contributed by atoms with E-state index >= 15 is 0 Å². The number of ether oxygens (including phenoxy) is 1. The molecule has 1 unspecified atom stereocenters. The highest BCUT2D eigenvalue weighted by Crippen LogP contribution is 2.20. The summed E-state index contributed by atoms with van der Waals surface area (Å²) in [6.45, 7) is 1.87. The summed E-state index contributed by atoms with van der Waals surface area (Å²) in [6.07, 6.45) is -0.0667. The number of likely N-dealkylation sites (N-methyl/N-ethyl adjacent to an activating group) is 1. The lowest BCUT2D eigenvalue weighted by atomic mass is 10.1. The van der Waals surface area contributed by atoms with Crippen LogP contribution >= 0.6 is 0 Å². The van der Waals surface area contributed by atoms with Gasteiger partial charge >= 0.3 is 0 Å². The van der Waals surface area contributed by atoms with E-state index < -0.39 is 0 Å². The molecule has 0 saturated carbocycles. The molecular weight excluding hydrogens is 256 g/mol. The van der Waals surface area contributed by atoms with E-state index in [1.165, 1.54) is 6.92 Å². The molecule has 110 valence electrons. The molecule has 20 heavy (non-hydrogen) atoms. The van der Waals surface area contributed by atoms with Crippen LogP contribution in [0.25, 0.3) is 0 Å². The van der Waals surface area contributed by atoms with Gasteiger partial charge in [0.25, 0.3) is 0 Å². The van der Waals surface area contributed by atoms with Crippen LogP contribution in [0.1, 0.15) is 24.9 Å². The fourth-order valence-electron chi connectivity index (χ4n) is 1.92. The van der Waals surface area contributed by atoms with Crippen molar-refractivity contribution in [2.75, 3.05) is 27.7 Å². The van der Waals surface area contributed by atoms with Crippen LogP contribution < -0.4 is 10.1 Å². The van der Waals surface area contributed by atoms with Crippen molar-refractivity contribution < 1.29 is 14.3 Å². The second kappa shape index (κ2) is 7.65. The normalized spacial score (nSPS) is 12.1. The maximum absolute atomic E-state index is 11.5. The molecule has 1 rings (SSSR count). The summed E-state index contributed by atoms with van der Waals surface area (Å²) in [6, 6.07) is 7.78. The van der Waals surface area contributed by atoms with Gasteiger partial charge in [-0.2, -0.15) is 0 Å². The fourth-order valence-corrected chi connectivity index (χ4v) is 1.92. The summed E-state index contributed by atoms with van der Waals surface area (Å²) in [5.41, 5.74) is 1.08. The van der Waals surface area contributed by atoms with Crippen LogP contribution in [0.4, 0.5) is 0 Å². The molecule has 0 aromatic heterocycles. The Bertz CT molecular complexity index is 455. The maximum atomic E-state index is 11.5. The average Bonchev–Trinajstić information content (AvgIpc) is 2.38. The van der Waals surface area contributed by atoms with Gasteiger partial charge in [0, 0.05) is 6.54 Å². The first kappa shape index (κ1) is 16.2. The molecule has 1 amide bonds. The molecule has 0 aliphatic carbocycles. The van der Waals surface area contributed by atoms with Gasteiger partial charge < -0.3 is 15.0 Å². The van der Waals surface area contributed by atoms with Crippen LogP contribution in [0, 0.1) is 0 Å². The lowest BCUT2D eigenvalue weighted by Crippen LogP contribution is -2.35. The molecule has 1 aromatic rings. The number of amides is 1. The zero-order chi connectivity index (χ0) is 15.1. The number of methoxy groups -OCH3 is 1. The molecular formula is C15H22N2O3. The summed E-state index contributed by atoms with van der Waals surface area (Å²) in [7, 11) is 5.53. The molecule has 1 N–H and O–H groups in total. The number of benzene rings is 1. The Kier molecular flexibility index (Phi) is 6.18. The van der Waals surface area contributed by atoms with Crippen molar-refractivity contribution in [2.45, 2.75) is 19.4 Å². The van der Waals surface area contributed by atoms with E-state index in [0.29, 0.717) is 6.54 Å². The SMILES string of the molecule is COc1ccc(C(CNC(=O)CC(C)=O)N(C)C)cc1. The lowest BCUT2D eigenvalue weighted by Gasteiger charge is -2.25. The summed E-state index contributed by atoms with van der Waals surface area (Å²) >= 11 is 0. The molecule has 1 aromatic carbocycles. The number of rotatable bonds is 7. The smallest absolute Gasteiger partial charge is 0.227 e. The Morgan fingerprint density at radius 2 is 1.85 bits per heavy atom. The van der Waals surface area contributed by atoms with Gasteiger partial charge in [-0.25, -0.2) is 0 Å². The second-order valence-corrected chi connectivity index (χ2v) is 4.94. The number of hydrogen-bond donors (Lipinski definition) is 1. The molecule has 0 aliphatic heterocycles. The third-order valence-electron chi connectivity index (χ3n) is 3.03. The number of carbonyl (C=O) groups excluding carboxylic acids is 2. The summed E-state index contributed by atoms with van der Waals surface area (Å²) < 4.78 is 5.13. The molecule has 0 saturated heterocycles. The van der Waals surface area contributed by atoms with E-state index in [0.717, 1.165) is 11.3 Å². The molecule has 0 heterocycles. The maximum Gasteiger partial charge on any atom is 0.227 e. The minimum absolute atomic E-state index is 0.0526. The first-order valence-electron chi connectivity index (χ1n) is 6.50. The van der Waals surface area contributed by atoms with E-state index in [2.05, 4.69) is 5.32 Å². The van der Waals surface area contributed by atoms with Gasteiger partial charge in [-0.3, -0.25) is 9.59 Å². The third kappa shape index (κ3) is 5.01. The van der Waals surface area contributed by atoms with Crippen molar-refractivity contribution in [1.82, 2.24) is 10.2 Å². The van der Waals surface area contributed by atoms with Gasteiger partial charge in [0.1, 0.15) is 11.5 Å². The summed E-state index contributed by atoms with van der Waals surface area (Å²) in [4.78, 5) is 24.5. The highest BCUT2D eigenvalue weighted by molar-refractivity contribution is 5.96. The monoisotopic (exact) mass is 278 g/mol. The zero-order valence-electron chi connectivity index (χ0n) is 12.5. The molecule has 0 aliphatic rings. The van der Waals surface area contributed by atoms with Gasteiger partial charge in [-0.15, -0.1) is 0 Å². The number of ketones is 1. The highest BCUT2D eigenvalue weighted by Gasteiger charge is 2.15. The predicted octanol–water partition coefficient (Wildman–Crippen LogP) is 1.39. The van der Waals surface area contributed by atoms with E-state index in [1.54, 1.807) is 7.11 Å². The molecule has 0 fully saturated rings. The quantitative estimate of drug-likeness (QED) is 0.766. The highest BCUT2D eigenvalue weighted by atomic mass is 16.5. The average molecular weight is 278 g/mol. The van der Waals surface area contributed by atoms with Crippen LogP contribution in [-0.2, 0) is 9.59 Å². The van der Waals surface area contributed by atoms with E-state index in [1.807, 2.05) is 43.3 Å². The molecule has 1 atom stereocenters. The number of hydrogen-bond acceptors (Lipinski definition) is 4. The van der Waals surface area contributed by atoms with Crippen molar-refractivity contribution in [1.29, 1.82) is 0 Å². The van der Waals surface area contributed by atoms with E-state index in [9.17, 15) is 9.59 Å². The van der Waals surface area contributed by atoms with Gasteiger partial charge in [-0.1, -0.05) is 12.1 Å². The largest absolute Gasteiger partial charge is 0.497 e. The molecule has 0 radical (unpaired) electrons. The van der Waals surface area contributed by atoms with Crippen molar-refractivity contribution in [3.05, 3.63) is 29.8 Å². The second-order valence-electron chi connectivity index (χ2n) is 4.94. The summed E-state index contributed by atoms with van der Waals surface area (Å²) in [5.74, 6) is 0.429. The van der Waals surface area contributed by atoms with Crippen molar-refractivity contribution >= 4 is 11.7 Å². The Hall–Kier alpha value is -1.88. The Morgan fingerprint density at radius 1 is 1.25 bits per heavy atom. The first-order valence-corrected chi connectivity index (χ1v) is 6.50. The standard InChI is InChI=1S/C15H22N2O3/c1-11(18)9-15(19)16-10-14(17(2)3)12-5-7-13(20-4)8-6-12/h5-8,14H,9-10H2,1-4H3,(H,16,19).